The molecule has 0 amide bonds. The van der Waals surface area contributed by atoms with Crippen molar-refractivity contribution in [3.05, 3.63) is 188 Å². The van der Waals surface area contributed by atoms with Gasteiger partial charge >= 0.3 is 0 Å². The van der Waals surface area contributed by atoms with Gasteiger partial charge in [0.1, 0.15) is 0 Å². The molecule has 3 aromatic heterocycles. The van der Waals surface area contributed by atoms with Crippen LogP contribution in [-0.4, -0.2) is 14.5 Å². The van der Waals surface area contributed by atoms with Crippen LogP contribution in [-0.2, 0) is 0 Å². The largest absolute Gasteiger partial charge is 0.309 e. The van der Waals surface area contributed by atoms with Gasteiger partial charge in [0.15, 0.2) is 5.82 Å². The molecule has 252 valence electrons. The molecule has 0 N–H and O–H groups in total. The van der Waals surface area contributed by atoms with Crippen molar-refractivity contribution in [3.8, 4) is 50.6 Å². The molecule has 0 atom stereocenters. The number of hydrogen-bond acceptors (Lipinski definition) is 3. The Bertz CT molecular complexity index is 3210. The summed E-state index contributed by atoms with van der Waals surface area (Å²) in [6, 6.07) is 67.3. The summed E-state index contributed by atoms with van der Waals surface area (Å²) in [4.78, 5) is 10.5. The predicted molar refractivity (Wildman–Crippen MR) is 229 cm³/mol. The lowest BCUT2D eigenvalue weighted by Gasteiger charge is -2.13. The Morgan fingerprint density at radius 3 is 1.91 bits per heavy atom. The van der Waals surface area contributed by atoms with E-state index in [-0.39, 0.29) is 0 Å². The van der Waals surface area contributed by atoms with Crippen molar-refractivity contribution >= 4 is 64.2 Å². The maximum Gasteiger partial charge on any atom is 0.160 e. The van der Waals surface area contributed by atoms with Gasteiger partial charge in [-0.15, -0.1) is 11.3 Å². The molecule has 0 aliphatic rings. The van der Waals surface area contributed by atoms with Crippen molar-refractivity contribution in [3.63, 3.8) is 0 Å². The molecule has 0 spiro atoms. The fourth-order valence-corrected chi connectivity index (χ4v) is 9.30. The minimum Gasteiger partial charge on any atom is -0.309 e. The van der Waals surface area contributed by atoms with Crippen LogP contribution in [0.1, 0.15) is 0 Å². The second-order valence-electron chi connectivity index (χ2n) is 13.8. The summed E-state index contributed by atoms with van der Waals surface area (Å²) in [6.07, 6.45) is 0. The Morgan fingerprint density at radius 1 is 0.389 bits per heavy atom. The van der Waals surface area contributed by atoms with Crippen LogP contribution in [0.15, 0.2) is 188 Å². The molecule has 11 rings (SSSR count). The van der Waals surface area contributed by atoms with E-state index in [4.69, 9.17) is 9.97 Å². The number of fused-ring (bicyclic) bond motifs is 7. The zero-order valence-corrected chi connectivity index (χ0v) is 30.0. The van der Waals surface area contributed by atoms with Gasteiger partial charge in [-0.2, -0.15) is 0 Å². The van der Waals surface area contributed by atoms with E-state index in [2.05, 4.69) is 174 Å². The fraction of sp³-hybridized carbons (Fsp3) is 0. The molecule has 0 unspecified atom stereocenters. The van der Waals surface area contributed by atoms with Crippen LogP contribution in [0.3, 0.4) is 0 Å². The van der Waals surface area contributed by atoms with Crippen molar-refractivity contribution in [2.24, 2.45) is 0 Å². The molecule has 0 bridgehead atoms. The number of benzene rings is 8. The van der Waals surface area contributed by atoms with Gasteiger partial charge in [0.05, 0.1) is 22.2 Å². The zero-order valence-electron chi connectivity index (χ0n) is 29.1. The van der Waals surface area contributed by atoms with Crippen molar-refractivity contribution in [1.29, 1.82) is 0 Å². The number of para-hydroxylation sites is 2. The van der Waals surface area contributed by atoms with Crippen LogP contribution in [0.4, 0.5) is 0 Å². The number of nitrogens with zero attached hydrogens (tertiary/aromatic N) is 3. The summed E-state index contributed by atoms with van der Waals surface area (Å²) in [5, 5.41) is 6.09. The molecule has 0 saturated heterocycles. The molecular formula is C50H31N3S. The molecule has 8 aromatic carbocycles. The minimum atomic E-state index is 0.720. The lowest BCUT2D eigenvalue weighted by Crippen LogP contribution is -1.96. The summed E-state index contributed by atoms with van der Waals surface area (Å²) in [5.74, 6) is 0.720. The Labute approximate surface area is 316 Å². The summed E-state index contributed by atoms with van der Waals surface area (Å²) < 4.78 is 4.97. The third kappa shape index (κ3) is 4.96. The van der Waals surface area contributed by atoms with E-state index in [1.165, 1.54) is 53.1 Å². The molecule has 0 radical (unpaired) electrons. The standard InChI is InChI=1S/C50H31N3S/c1-3-13-32(14-4-1)50-51-44-27-25-33(34-26-28-46-42(30-34)39-19-7-9-23-45(39)53(46)37-17-5-2-6-18-37)31-43(44)48(52-50)36-16-11-15-35(29-36)38-21-12-22-41-40-20-8-10-24-47(40)54-49(38)41/h1-31H. The van der Waals surface area contributed by atoms with E-state index in [0.29, 0.717) is 0 Å². The van der Waals surface area contributed by atoms with Gasteiger partial charge in [-0.1, -0.05) is 133 Å². The first kappa shape index (κ1) is 30.7. The maximum absolute atomic E-state index is 5.32. The Kier molecular flexibility index (Phi) is 7.04. The second kappa shape index (κ2) is 12.4. The third-order valence-corrected chi connectivity index (χ3v) is 11.8. The normalized spacial score (nSPS) is 11.7. The van der Waals surface area contributed by atoms with Gasteiger partial charge in [0.2, 0.25) is 0 Å². The van der Waals surface area contributed by atoms with Crippen LogP contribution >= 0.6 is 11.3 Å². The Balaban J connectivity index is 1.10. The summed E-state index contributed by atoms with van der Waals surface area (Å²) in [5.41, 5.74) is 12.1. The van der Waals surface area contributed by atoms with Gasteiger partial charge < -0.3 is 4.57 Å². The summed E-state index contributed by atoms with van der Waals surface area (Å²) in [6.45, 7) is 0. The van der Waals surface area contributed by atoms with Crippen molar-refractivity contribution in [2.75, 3.05) is 0 Å². The van der Waals surface area contributed by atoms with Crippen LogP contribution in [0.5, 0.6) is 0 Å². The zero-order chi connectivity index (χ0) is 35.6. The molecule has 11 aromatic rings. The van der Waals surface area contributed by atoms with E-state index in [9.17, 15) is 0 Å². The van der Waals surface area contributed by atoms with Crippen molar-refractivity contribution in [2.45, 2.75) is 0 Å². The smallest absolute Gasteiger partial charge is 0.160 e. The van der Waals surface area contributed by atoms with Crippen LogP contribution < -0.4 is 0 Å². The van der Waals surface area contributed by atoms with Crippen molar-refractivity contribution in [1.82, 2.24) is 14.5 Å². The predicted octanol–water partition coefficient (Wildman–Crippen LogP) is 13.8. The first-order valence-corrected chi connectivity index (χ1v) is 19.1. The molecule has 3 nitrogen and oxygen atoms in total. The maximum atomic E-state index is 5.32. The van der Waals surface area contributed by atoms with E-state index < -0.39 is 0 Å². The van der Waals surface area contributed by atoms with Crippen LogP contribution in [0.2, 0.25) is 0 Å². The van der Waals surface area contributed by atoms with Gasteiger partial charge in [-0.25, -0.2) is 9.97 Å². The molecule has 0 aliphatic carbocycles. The van der Waals surface area contributed by atoms with Gasteiger partial charge in [0, 0.05) is 53.1 Å². The van der Waals surface area contributed by atoms with Crippen LogP contribution in [0.25, 0.3) is 103 Å². The third-order valence-electron chi connectivity index (χ3n) is 10.6. The van der Waals surface area contributed by atoms with Gasteiger partial charge in [0.25, 0.3) is 0 Å². The topological polar surface area (TPSA) is 30.7 Å². The summed E-state index contributed by atoms with van der Waals surface area (Å²) >= 11 is 1.86. The van der Waals surface area contributed by atoms with E-state index >= 15 is 0 Å². The van der Waals surface area contributed by atoms with Crippen molar-refractivity contribution < 1.29 is 0 Å². The number of aromatic nitrogens is 3. The number of thiophene rings is 1. The number of hydrogen-bond donors (Lipinski definition) is 0. The quantitative estimate of drug-likeness (QED) is 0.178. The Morgan fingerprint density at radius 2 is 1.04 bits per heavy atom. The second-order valence-corrected chi connectivity index (χ2v) is 14.8. The van der Waals surface area contributed by atoms with Gasteiger partial charge in [-0.3, -0.25) is 0 Å². The van der Waals surface area contributed by atoms with E-state index in [1.807, 2.05) is 29.5 Å². The first-order valence-electron chi connectivity index (χ1n) is 18.2. The van der Waals surface area contributed by atoms with E-state index in [0.717, 1.165) is 50.4 Å². The SMILES string of the molecule is c1ccc(-c2nc(-c3cccc(-c4cccc5c4sc4ccccc45)c3)c3cc(-c4ccc5c(c4)c4ccccc4n5-c4ccccc4)ccc3n2)cc1. The number of rotatable bonds is 5. The average molecular weight is 706 g/mol. The lowest BCUT2D eigenvalue weighted by molar-refractivity contribution is 1.18. The summed E-state index contributed by atoms with van der Waals surface area (Å²) in [7, 11) is 0. The molecular weight excluding hydrogens is 675 g/mol. The monoisotopic (exact) mass is 705 g/mol. The molecule has 54 heavy (non-hydrogen) atoms. The highest BCUT2D eigenvalue weighted by Crippen LogP contribution is 2.42. The van der Waals surface area contributed by atoms with Crippen LogP contribution in [0, 0.1) is 0 Å². The van der Waals surface area contributed by atoms with Gasteiger partial charge in [-0.05, 0) is 76.9 Å². The fourth-order valence-electron chi connectivity index (χ4n) is 8.06. The molecule has 0 aliphatic heterocycles. The average Bonchev–Trinajstić information content (AvgIpc) is 3.79. The first-order chi connectivity index (χ1) is 26.8. The lowest BCUT2D eigenvalue weighted by atomic mass is 9.96. The molecule has 3 heterocycles. The molecule has 0 saturated carbocycles. The molecule has 0 fully saturated rings. The highest BCUT2D eigenvalue weighted by atomic mass is 32.1. The highest BCUT2D eigenvalue weighted by molar-refractivity contribution is 7.26. The molecule has 4 heteroatoms. The van der Waals surface area contributed by atoms with E-state index in [1.54, 1.807) is 0 Å². The Hall–Kier alpha value is -6.88. The highest BCUT2D eigenvalue weighted by Gasteiger charge is 2.17. The minimum absolute atomic E-state index is 0.720.